The highest BCUT2D eigenvalue weighted by molar-refractivity contribution is 7.99. The van der Waals surface area contributed by atoms with E-state index < -0.39 is 5.54 Å². The van der Waals surface area contributed by atoms with Crippen LogP contribution in [-0.4, -0.2) is 45.8 Å². The van der Waals surface area contributed by atoms with Crippen molar-refractivity contribution in [1.82, 2.24) is 10.2 Å². The van der Waals surface area contributed by atoms with E-state index in [-0.39, 0.29) is 24.4 Å². The number of hydrogen-bond donors (Lipinski definition) is 1. The van der Waals surface area contributed by atoms with Gasteiger partial charge in [-0.1, -0.05) is 20.3 Å². The minimum atomic E-state index is -0.709. The SMILES string of the molecule is CCSC1CCCC1N1CC(=O)NC(C)(CC)C1=O. The first-order valence-electron chi connectivity index (χ1n) is 7.25. The lowest BCUT2D eigenvalue weighted by Gasteiger charge is -2.43. The fourth-order valence-corrected chi connectivity index (χ4v) is 4.39. The Bertz CT molecular complexity index is 374. The molecule has 1 aliphatic heterocycles. The fraction of sp³-hybridized carbons (Fsp3) is 0.857. The number of amides is 2. The maximum atomic E-state index is 12.7. The summed E-state index contributed by atoms with van der Waals surface area (Å²) in [5, 5.41) is 3.36. The molecule has 3 unspecified atom stereocenters. The van der Waals surface area contributed by atoms with Crippen molar-refractivity contribution in [3.8, 4) is 0 Å². The summed E-state index contributed by atoms with van der Waals surface area (Å²) in [6.07, 6.45) is 4.01. The summed E-state index contributed by atoms with van der Waals surface area (Å²) in [5.41, 5.74) is -0.709. The van der Waals surface area contributed by atoms with E-state index in [1.807, 2.05) is 30.5 Å². The van der Waals surface area contributed by atoms with Crippen LogP contribution < -0.4 is 5.32 Å². The molecular weight excluding hydrogens is 260 g/mol. The zero-order chi connectivity index (χ0) is 14.0. The number of piperazine rings is 1. The summed E-state index contributed by atoms with van der Waals surface area (Å²) >= 11 is 1.93. The van der Waals surface area contributed by atoms with Crippen LogP contribution in [0.15, 0.2) is 0 Å². The molecule has 0 aromatic heterocycles. The Labute approximate surface area is 119 Å². The van der Waals surface area contributed by atoms with E-state index >= 15 is 0 Å². The molecule has 1 heterocycles. The predicted octanol–water partition coefficient (Wildman–Crippen LogP) is 1.79. The van der Waals surface area contributed by atoms with Crippen LogP contribution in [0.2, 0.25) is 0 Å². The molecule has 5 heteroatoms. The number of carbonyl (C=O) groups is 2. The zero-order valence-corrected chi connectivity index (χ0v) is 12.9. The number of hydrogen-bond acceptors (Lipinski definition) is 3. The molecule has 1 saturated carbocycles. The van der Waals surface area contributed by atoms with Gasteiger partial charge in [-0.15, -0.1) is 0 Å². The van der Waals surface area contributed by atoms with Gasteiger partial charge >= 0.3 is 0 Å². The molecule has 0 aromatic rings. The third-order valence-corrected chi connectivity index (χ3v) is 5.68. The molecule has 4 nitrogen and oxygen atoms in total. The second kappa shape index (κ2) is 5.73. The van der Waals surface area contributed by atoms with Gasteiger partial charge in [0.05, 0.1) is 6.54 Å². The molecule has 0 aromatic carbocycles. The highest BCUT2D eigenvalue weighted by Gasteiger charge is 2.46. The minimum Gasteiger partial charge on any atom is -0.340 e. The third kappa shape index (κ3) is 2.76. The van der Waals surface area contributed by atoms with Gasteiger partial charge in [0.2, 0.25) is 11.8 Å². The van der Waals surface area contributed by atoms with Crippen LogP contribution in [0.4, 0.5) is 0 Å². The van der Waals surface area contributed by atoms with E-state index in [1.165, 1.54) is 0 Å². The fourth-order valence-electron chi connectivity index (χ4n) is 3.12. The Morgan fingerprint density at radius 1 is 1.37 bits per heavy atom. The largest absolute Gasteiger partial charge is 0.340 e. The Kier molecular flexibility index (Phi) is 4.43. The molecule has 0 spiro atoms. The monoisotopic (exact) mass is 284 g/mol. The van der Waals surface area contributed by atoms with Crippen LogP contribution >= 0.6 is 11.8 Å². The molecule has 2 fully saturated rings. The van der Waals surface area contributed by atoms with Gasteiger partial charge in [0.25, 0.3) is 0 Å². The van der Waals surface area contributed by atoms with Crippen molar-refractivity contribution in [3.63, 3.8) is 0 Å². The maximum absolute atomic E-state index is 12.7. The van der Waals surface area contributed by atoms with Gasteiger partial charge in [0, 0.05) is 11.3 Å². The molecule has 0 radical (unpaired) electrons. The second-order valence-electron chi connectivity index (χ2n) is 5.66. The van der Waals surface area contributed by atoms with E-state index in [0.29, 0.717) is 11.7 Å². The molecule has 2 amide bonds. The molecular formula is C14H24N2O2S. The Balaban J connectivity index is 2.18. The van der Waals surface area contributed by atoms with Crippen LogP contribution in [0.1, 0.15) is 46.5 Å². The molecule has 19 heavy (non-hydrogen) atoms. The molecule has 2 rings (SSSR count). The minimum absolute atomic E-state index is 0.0175. The first-order chi connectivity index (χ1) is 9.01. The maximum Gasteiger partial charge on any atom is 0.248 e. The van der Waals surface area contributed by atoms with E-state index in [2.05, 4.69) is 12.2 Å². The van der Waals surface area contributed by atoms with Crippen LogP contribution in [-0.2, 0) is 9.59 Å². The molecule has 0 bridgehead atoms. The predicted molar refractivity (Wildman–Crippen MR) is 78.1 cm³/mol. The topological polar surface area (TPSA) is 49.4 Å². The van der Waals surface area contributed by atoms with E-state index in [9.17, 15) is 9.59 Å². The van der Waals surface area contributed by atoms with Crippen molar-refractivity contribution in [2.45, 2.75) is 63.3 Å². The molecule has 3 atom stereocenters. The van der Waals surface area contributed by atoms with E-state index in [1.54, 1.807) is 0 Å². The number of rotatable bonds is 4. The van der Waals surface area contributed by atoms with Crippen molar-refractivity contribution in [2.24, 2.45) is 0 Å². The number of thioether (sulfide) groups is 1. The smallest absolute Gasteiger partial charge is 0.248 e. The van der Waals surface area contributed by atoms with E-state index in [4.69, 9.17) is 0 Å². The highest BCUT2D eigenvalue weighted by atomic mass is 32.2. The number of carbonyl (C=O) groups excluding carboxylic acids is 2. The lowest BCUT2D eigenvalue weighted by atomic mass is 9.93. The van der Waals surface area contributed by atoms with E-state index in [0.717, 1.165) is 25.0 Å². The van der Waals surface area contributed by atoms with Gasteiger partial charge in [-0.3, -0.25) is 9.59 Å². The van der Waals surface area contributed by atoms with Gasteiger partial charge in [-0.05, 0) is 31.9 Å². The number of nitrogens with one attached hydrogen (secondary N) is 1. The highest BCUT2D eigenvalue weighted by Crippen LogP contribution is 2.35. The van der Waals surface area contributed by atoms with Crippen LogP contribution in [0.5, 0.6) is 0 Å². The average Bonchev–Trinajstić information content (AvgIpc) is 2.82. The average molecular weight is 284 g/mol. The third-order valence-electron chi connectivity index (χ3n) is 4.37. The standard InChI is InChI=1S/C14H24N2O2S/c1-4-14(3)13(18)16(9-12(17)15-14)10-7-6-8-11(10)19-5-2/h10-11H,4-9H2,1-3H3,(H,15,17). The second-order valence-corrected chi connectivity index (χ2v) is 7.18. The Morgan fingerprint density at radius 2 is 2.11 bits per heavy atom. The summed E-state index contributed by atoms with van der Waals surface area (Å²) in [6.45, 7) is 6.19. The van der Waals surface area contributed by atoms with Crippen LogP contribution in [0.25, 0.3) is 0 Å². The number of nitrogens with zero attached hydrogens (tertiary/aromatic N) is 1. The van der Waals surface area contributed by atoms with Crippen LogP contribution in [0.3, 0.4) is 0 Å². The first kappa shape index (κ1) is 14.7. The van der Waals surface area contributed by atoms with Gasteiger partial charge in [-0.25, -0.2) is 0 Å². The Hall–Kier alpha value is -0.710. The summed E-state index contributed by atoms with van der Waals surface area (Å²) in [7, 11) is 0. The van der Waals surface area contributed by atoms with Gasteiger partial charge in [0.15, 0.2) is 0 Å². The summed E-state index contributed by atoms with van der Waals surface area (Å²) in [4.78, 5) is 26.4. The van der Waals surface area contributed by atoms with Crippen molar-refractivity contribution < 1.29 is 9.59 Å². The molecule has 1 aliphatic carbocycles. The molecule has 1 saturated heterocycles. The normalized spacial score (nSPS) is 35.6. The lowest BCUT2D eigenvalue weighted by Crippen LogP contribution is -2.67. The van der Waals surface area contributed by atoms with Gasteiger partial charge < -0.3 is 10.2 Å². The first-order valence-corrected chi connectivity index (χ1v) is 8.30. The summed E-state index contributed by atoms with van der Waals surface area (Å²) < 4.78 is 0. The zero-order valence-electron chi connectivity index (χ0n) is 12.1. The quantitative estimate of drug-likeness (QED) is 0.856. The summed E-state index contributed by atoms with van der Waals surface area (Å²) in [6, 6.07) is 0.245. The van der Waals surface area contributed by atoms with Crippen molar-refractivity contribution >= 4 is 23.6 Å². The van der Waals surface area contributed by atoms with Gasteiger partial charge in [0.1, 0.15) is 5.54 Å². The summed E-state index contributed by atoms with van der Waals surface area (Å²) in [5.74, 6) is 1.15. The van der Waals surface area contributed by atoms with Crippen molar-refractivity contribution in [2.75, 3.05) is 12.3 Å². The Morgan fingerprint density at radius 3 is 2.74 bits per heavy atom. The molecule has 2 aliphatic rings. The van der Waals surface area contributed by atoms with Crippen LogP contribution in [0, 0.1) is 0 Å². The van der Waals surface area contributed by atoms with Gasteiger partial charge in [-0.2, -0.15) is 11.8 Å². The van der Waals surface area contributed by atoms with Crippen molar-refractivity contribution in [1.29, 1.82) is 0 Å². The van der Waals surface area contributed by atoms with Crippen molar-refractivity contribution in [3.05, 3.63) is 0 Å². The molecule has 108 valence electrons. The molecule has 1 N–H and O–H groups in total. The lowest BCUT2D eigenvalue weighted by molar-refractivity contribution is -0.151.